The quantitative estimate of drug-likeness (QED) is 0.759. The number of rotatable bonds is 4. The van der Waals surface area contributed by atoms with Crippen LogP contribution in [0.25, 0.3) is 0 Å². The van der Waals surface area contributed by atoms with Crippen LogP contribution in [0.1, 0.15) is 10.5 Å². The van der Waals surface area contributed by atoms with E-state index in [9.17, 15) is 9.59 Å². The third-order valence-corrected chi connectivity index (χ3v) is 2.66. The molecule has 1 aromatic heterocycles. The van der Waals surface area contributed by atoms with E-state index in [1.807, 2.05) is 0 Å². The minimum atomic E-state index is -1.04. The van der Waals surface area contributed by atoms with Crippen LogP contribution in [0.3, 0.4) is 0 Å². The third kappa shape index (κ3) is 3.08. The maximum atomic E-state index is 11.7. The topological polar surface area (TPSA) is 83.8 Å². The standard InChI is InChI=1S/C11H15N3O4/c15-10(12-14-4-6-18-7-5-14)8-13-3-1-2-9(13)11(16)17/h1-3H,4-8H2,(H,12,15)(H,16,17). The molecule has 1 aliphatic heterocycles. The lowest BCUT2D eigenvalue weighted by atomic mass is 10.4. The first-order valence-corrected chi connectivity index (χ1v) is 5.67. The molecule has 0 aliphatic carbocycles. The van der Waals surface area contributed by atoms with Gasteiger partial charge in [-0.2, -0.15) is 0 Å². The fourth-order valence-electron chi connectivity index (χ4n) is 1.79. The van der Waals surface area contributed by atoms with E-state index in [2.05, 4.69) is 5.43 Å². The van der Waals surface area contributed by atoms with Gasteiger partial charge in [0.25, 0.3) is 5.91 Å². The van der Waals surface area contributed by atoms with Crippen LogP contribution in [-0.4, -0.2) is 52.9 Å². The molecule has 0 aromatic carbocycles. The van der Waals surface area contributed by atoms with Crippen molar-refractivity contribution in [2.75, 3.05) is 26.3 Å². The van der Waals surface area contributed by atoms with E-state index >= 15 is 0 Å². The Bertz CT molecular complexity index is 437. The molecule has 7 nitrogen and oxygen atoms in total. The number of carboxylic acid groups (broad SMARTS) is 1. The van der Waals surface area contributed by atoms with Gasteiger partial charge in [0.05, 0.1) is 13.2 Å². The molecule has 1 saturated heterocycles. The van der Waals surface area contributed by atoms with Crippen LogP contribution in [0.5, 0.6) is 0 Å². The predicted molar refractivity (Wildman–Crippen MR) is 61.9 cm³/mol. The number of aromatic nitrogens is 1. The molecule has 0 spiro atoms. The fraction of sp³-hybridized carbons (Fsp3) is 0.455. The van der Waals surface area contributed by atoms with E-state index in [0.29, 0.717) is 26.3 Å². The number of hydrazine groups is 1. The van der Waals surface area contributed by atoms with E-state index in [1.54, 1.807) is 17.3 Å². The van der Waals surface area contributed by atoms with Gasteiger partial charge < -0.3 is 14.4 Å². The van der Waals surface area contributed by atoms with Crippen LogP contribution in [0, 0.1) is 0 Å². The maximum Gasteiger partial charge on any atom is 0.352 e. The van der Waals surface area contributed by atoms with Gasteiger partial charge in [-0.25, -0.2) is 9.80 Å². The number of hydrogen-bond acceptors (Lipinski definition) is 4. The summed E-state index contributed by atoms with van der Waals surface area (Å²) in [5.74, 6) is -1.28. The van der Waals surface area contributed by atoms with Crippen LogP contribution in [0.4, 0.5) is 0 Å². The summed E-state index contributed by atoms with van der Waals surface area (Å²) in [6.07, 6.45) is 1.57. The number of aromatic carboxylic acids is 1. The van der Waals surface area contributed by atoms with Gasteiger partial charge in [0.2, 0.25) is 0 Å². The number of nitrogens with one attached hydrogen (secondary N) is 1. The monoisotopic (exact) mass is 253 g/mol. The Balaban J connectivity index is 1.90. The summed E-state index contributed by atoms with van der Waals surface area (Å²) in [5, 5.41) is 10.7. The molecule has 1 fully saturated rings. The SMILES string of the molecule is O=C(Cn1cccc1C(=O)O)NN1CCOCC1. The molecule has 0 saturated carbocycles. The van der Waals surface area contributed by atoms with Crippen molar-refractivity contribution in [3.8, 4) is 0 Å². The van der Waals surface area contributed by atoms with Gasteiger partial charge in [-0.15, -0.1) is 0 Å². The largest absolute Gasteiger partial charge is 0.477 e. The number of carbonyl (C=O) groups is 2. The van der Waals surface area contributed by atoms with Crippen molar-refractivity contribution in [1.82, 2.24) is 15.0 Å². The summed E-state index contributed by atoms with van der Waals surface area (Å²) in [7, 11) is 0. The molecule has 1 aromatic rings. The zero-order chi connectivity index (χ0) is 13.0. The highest BCUT2D eigenvalue weighted by molar-refractivity contribution is 5.86. The molecule has 0 unspecified atom stereocenters. The van der Waals surface area contributed by atoms with Crippen LogP contribution in [0.2, 0.25) is 0 Å². The molecule has 1 amide bonds. The van der Waals surface area contributed by atoms with Crippen molar-refractivity contribution in [1.29, 1.82) is 0 Å². The van der Waals surface area contributed by atoms with Gasteiger partial charge in [-0.05, 0) is 12.1 Å². The molecule has 2 N–H and O–H groups in total. The molecule has 0 bridgehead atoms. The van der Waals surface area contributed by atoms with Crippen molar-refractivity contribution in [3.05, 3.63) is 24.0 Å². The first kappa shape index (κ1) is 12.6. The number of hydrogen-bond donors (Lipinski definition) is 2. The summed E-state index contributed by atoms with van der Waals surface area (Å²) in [6, 6.07) is 3.07. The lowest BCUT2D eigenvalue weighted by molar-refractivity contribution is -0.128. The first-order valence-electron chi connectivity index (χ1n) is 5.67. The molecule has 0 atom stereocenters. The average Bonchev–Trinajstić information content (AvgIpc) is 2.78. The molecule has 0 radical (unpaired) electrons. The normalized spacial score (nSPS) is 16.4. The second-order valence-electron chi connectivity index (χ2n) is 3.96. The van der Waals surface area contributed by atoms with Crippen LogP contribution in [0.15, 0.2) is 18.3 Å². The fourth-order valence-corrected chi connectivity index (χ4v) is 1.79. The molecule has 7 heteroatoms. The highest BCUT2D eigenvalue weighted by atomic mass is 16.5. The summed E-state index contributed by atoms with van der Waals surface area (Å²) in [5.41, 5.74) is 2.83. The van der Waals surface area contributed by atoms with E-state index < -0.39 is 5.97 Å². The Morgan fingerprint density at radius 1 is 1.39 bits per heavy atom. The van der Waals surface area contributed by atoms with E-state index in [-0.39, 0.29) is 18.1 Å². The zero-order valence-corrected chi connectivity index (χ0v) is 9.83. The molecule has 1 aliphatic rings. The number of ether oxygens (including phenoxy) is 1. The van der Waals surface area contributed by atoms with E-state index in [0.717, 1.165) is 0 Å². The number of amides is 1. The summed E-state index contributed by atoms with van der Waals surface area (Å²) >= 11 is 0. The van der Waals surface area contributed by atoms with Gasteiger partial charge in [-0.3, -0.25) is 10.2 Å². The van der Waals surface area contributed by atoms with Crippen molar-refractivity contribution < 1.29 is 19.4 Å². The molecular weight excluding hydrogens is 238 g/mol. The van der Waals surface area contributed by atoms with Gasteiger partial charge in [0.1, 0.15) is 12.2 Å². The number of morpholine rings is 1. The third-order valence-electron chi connectivity index (χ3n) is 2.66. The van der Waals surface area contributed by atoms with Gasteiger partial charge >= 0.3 is 5.97 Å². The first-order chi connectivity index (χ1) is 8.66. The Kier molecular flexibility index (Phi) is 3.96. The van der Waals surface area contributed by atoms with Crippen molar-refractivity contribution in [3.63, 3.8) is 0 Å². The molecule has 2 rings (SSSR count). The highest BCUT2D eigenvalue weighted by Crippen LogP contribution is 2.02. The van der Waals surface area contributed by atoms with Crippen molar-refractivity contribution >= 4 is 11.9 Å². The van der Waals surface area contributed by atoms with Crippen molar-refractivity contribution in [2.24, 2.45) is 0 Å². The van der Waals surface area contributed by atoms with E-state index in [1.165, 1.54) is 10.6 Å². The Labute approximate surface area is 104 Å². The number of nitrogens with zero attached hydrogens (tertiary/aromatic N) is 2. The minimum Gasteiger partial charge on any atom is -0.477 e. The van der Waals surface area contributed by atoms with Crippen LogP contribution >= 0.6 is 0 Å². The lowest BCUT2D eigenvalue weighted by Crippen LogP contribution is -2.49. The van der Waals surface area contributed by atoms with Crippen molar-refractivity contribution in [2.45, 2.75) is 6.54 Å². The molecule has 98 valence electrons. The van der Waals surface area contributed by atoms with Gasteiger partial charge in [0, 0.05) is 19.3 Å². The minimum absolute atomic E-state index is 0.00795. The van der Waals surface area contributed by atoms with Gasteiger partial charge in [0.15, 0.2) is 0 Å². The Hall–Kier alpha value is -1.86. The molecular formula is C11H15N3O4. The summed E-state index contributed by atoms with van der Waals surface area (Å²) in [4.78, 5) is 22.6. The summed E-state index contributed by atoms with van der Waals surface area (Å²) in [6.45, 7) is 2.45. The van der Waals surface area contributed by atoms with E-state index in [4.69, 9.17) is 9.84 Å². The Morgan fingerprint density at radius 3 is 2.78 bits per heavy atom. The van der Waals surface area contributed by atoms with Crippen LogP contribution < -0.4 is 5.43 Å². The number of carboxylic acids is 1. The van der Waals surface area contributed by atoms with Crippen LogP contribution in [-0.2, 0) is 16.1 Å². The predicted octanol–water partition coefficient (Wildman–Crippen LogP) is -0.450. The maximum absolute atomic E-state index is 11.7. The second-order valence-corrected chi connectivity index (χ2v) is 3.96. The Morgan fingerprint density at radius 2 is 2.11 bits per heavy atom. The second kappa shape index (κ2) is 5.65. The zero-order valence-electron chi connectivity index (χ0n) is 9.83. The lowest BCUT2D eigenvalue weighted by Gasteiger charge is -2.27. The molecule has 18 heavy (non-hydrogen) atoms. The smallest absolute Gasteiger partial charge is 0.352 e. The van der Waals surface area contributed by atoms with Gasteiger partial charge in [-0.1, -0.05) is 0 Å². The highest BCUT2D eigenvalue weighted by Gasteiger charge is 2.15. The number of carbonyl (C=O) groups excluding carboxylic acids is 1. The molecule has 2 heterocycles. The summed E-state index contributed by atoms with van der Waals surface area (Å²) < 4.78 is 6.56. The average molecular weight is 253 g/mol.